The van der Waals surface area contributed by atoms with E-state index in [-0.39, 0.29) is 17.5 Å². The molecule has 3 unspecified atom stereocenters. The number of methoxy groups -OCH3 is 1. The SMILES string of the molecule is COc1cc(C(=O)OCCCCCC2CC3CCC2(C)C3(C)C)ccc1O. The van der Waals surface area contributed by atoms with Crippen molar-refractivity contribution >= 4 is 5.97 Å². The normalized spacial score (nSPS) is 28.3. The number of carbonyl (C=O) groups is 1. The molecule has 0 spiro atoms. The Morgan fingerprint density at radius 3 is 2.63 bits per heavy atom. The molecule has 1 N–H and O–H groups in total. The van der Waals surface area contributed by atoms with Gasteiger partial charge in [-0.3, -0.25) is 0 Å². The standard InChI is InChI=1S/C23H34O4/c1-22(2)17-11-12-23(22,3)18(15-17)8-6-5-7-13-27-21(25)16-9-10-19(24)20(14-16)26-4/h9-10,14,17-18,24H,5-8,11-13,15H2,1-4H3. The van der Waals surface area contributed by atoms with Gasteiger partial charge in [0, 0.05) is 0 Å². The van der Waals surface area contributed by atoms with Crippen LogP contribution in [0.2, 0.25) is 0 Å². The number of carbonyl (C=O) groups excluding carboxylic acids is 1. The summed E-state index contributed by atoms with van der Waals surface area (Å²) in [6.07, 6.45) is 8.73. The number of phenols is 1. The van der Waals surface area contributed by atoms with Crippen molar-refractivity contribution in [2.75, 3.05) is 13.7 Å². The molecule has 3 rings (SSSR count). The molecule has 4 nitrogen and oxygen atoms in total. The number of esters is 1. The minimum Gasteiger partial charge on any atom is -0.504 e. The van der Waals surface area contributed by atoms with E-state index in [4.69, 9.17) is 9.47 Å². The lowest BCUT2D eigenvalue weighted by molar-refractivity contribution is 0.0495. The predicted molar refractivity (Wildman–Crippen MR) is 106 cm³/mol. The Bertz CT molecular complexity index is 681. The van der Waals surface area contributed by atoms with Gasteiger partial charge in [-0.05, 0) is 73.0 Å². The molecule has 0 aromatic heterocycles. The smallest absolute Gasteiger partial charge is 0.338 e. The fourth-order valence-electron chi connectivity index (χ4n) is 5.53. The minimum atomic E-state index is -0.365. The van der Waals surface area contributed by atoms with Crippen molar-refractivity contribution in [3.8, 4) is 11.5 Å². The third kappa shape index (κ3) is 3.68. The molecule has 2 aliphatic carbocycles. The van der Waals surface area contributed by atoms with Gasteiger partial charge in [0.25, 0.3) is 0 Å². The number of ether oxygens (including phenoxy) is 2. The highest BCUT2D eigenvalue weighted by Gasteiger charge is 2.60. The molecule has 4 heteroatoms. The van der Waals surface area contributed by atoms with Crippen molar-refractivity contribution in [2.24, 2.45) is 22.7 Å². The van der Waals surface area contributed by atoms with Crippen molar-refractivity contribution in [1.82, 2.24) is 0 Å². The van der Waals surface area contributed by atoms with Crippen LogP contribution < -0.4 is 4.74 Å². The highest BCUT2D eigenvalue weighted by molar-refractivity contribution is 5.90. The summed E-state index contributed by atoms with van der Waals surface area (Å²) in [5.41, 5.74) is 1.42. The van der Waals surface area contributed by atoms with Crippen LogP contribution in [0, 0.1) is 22.7 Å². The van der Waals surface area contributed by atoms with E-state index in [1.807, 2.05) is 0 Å². The molecule has 150 valence electrons. The van der Waals surface area contributed by atoms with Crippen LogP contribution >= 0.6 is 0 Å². The molecule has 3 atom stereocenters. The maximum atomic E-state index is 12.1. The van der Waals surface area contributed by atoms with Crippen molar-refractivity contribution in [1.29, 1.82) is 0 Å². The first-order valence-corrected chi connectivity index (χ1v) is 10.3. The van der Waals surface area contributed by atoms with E-state index in [0.717, 1.165) is 24.7 Å². The third-order valence-electron chi connectivity index (χ3n) is 7.82. The van der Waals surface area contributed by atoms with Crippen LogP contribution in [0.15, 0.2) is 18.2 Å². The van der Waals surface area contributed by atoms with Gasteiger partial charge < -0.3 is 14.6 Å². The number of aromatic hydroxyl groups is 1. The van der Waals surface area contributed by atoms with Crippen molar-refractivity contribution in [2.45, 2.75) is 65.7 Å². The van der Waals surface area contributed by atoms with Crippen LogP contribution in [0.4, 0.5) is 0 Å². The number of unbranched alkanes of at least 4 members (excludes halogenated alkanes) is 2. The van der Waals surface area contributed by atoms with Crippen molar-refractivity contribution in [3.63, 3.8) is 0 Å². The lowest BCUT2D eigenvalue weighted by atomic mass is 9.65. The van der Waals surface area contributed by atoms with E-state index in [9.17, 15) is 9.90 Å². The lowest BCUT2D eigenvalue weighted by Crippen LogP contribution is -2.32. The Morgan fingerprint density at radius 1 is 1.22 bits per heavy atom. The van der Waals surface area contributed by atoms with E-state index < -0.39 is 0 Å². The minimum absolute atomic E-state index is 0.0199. The van der Waals surface area contributed by atoms with Crippen LogP contribution in [-0.2, 0) is 4.74 Å². The van der Waals surface area contributed by atoms with Gasteiger partial charge in [-0.2, -0.15) is 0 Å². The highest BCUT2D eigenvalue weighted by Crippen LogP contribution is 2.68. The monoisotopic (exact) mass is 374 g/mol. The molecule has 0 heterocycles. The summed E-state index contributed by atoms with van der Waals surface area (Å²) in [6.45, 7) is 7.90. The molecule has 0 amide bonds. The first-order chi connectivity index (χ1) is 12.8. The molecule has 2 bridgehead atoms. The second-order valence-electron chi connectivity index (χ2n) is 9.18. The molecule has 0 aliphatic heterocycles. The van der Waals surface area contributed by atoms with Gasteiger partial charge in [0.05, 0.1) is 19.3 Å². The van der Waals surface area contributed by atoms with E-state index in [2.05, 4.69) is 20.8 Å². The summed E-state index contributed by atoms with van der Waals surface area (Å²) in [5.74, 6) is 1.71. The Kier molecular flexibility index (Phi) is 5.73. The fraction of sp³-hybridized carbons (Fsp3) is 0.696. The summed E-state index contributed by atoms with van der Waals surface area (Å²) in [4.78, 5) is 12.1. The Balaban J connectivity index is 1.36. The zero-order valence-electron chi connectivity index (χ0n) is 17.2. The summed E-state index contributed by atoms with van der Waals surface area (Å²) in [7, 11) is 1.46. The molecule has 2 aliphatic rings. The average Bonchev–Trinajstić information content (AvgIpc) is 2.98. The first-order valence-electron chi connectivity index (χ1n) is 10.3. The van der Waals surface area contributed by atoms with E-state index in [0.29, 0.717) is 23.0 Å². The maximum Gasteiger partial charge on any atom is 0.338 e. The van der Waals surface area contributed by atoms with E-state index in [1.54, 1.807) is 6.07 Å². The van der Waals surface area contributed by atoms with Gasteiger partial charge in [-0.25, -0.2) is 4.79 Å². The van der Waals surface area contributed by atoms with E-state index >= 15 is 0 Å². The highest BCUT2D eigenvalue weighted by atomic mass is 16.5. The largest absolute Gasteiger partial charge is 0.504 e. The Morgan fingerprint density at radius 2 is 2.00 bits per heavy atom. The number of hydrogen-bond donors (Lipinski definition) is 1. The van der Waals surface area contributed by atoms with Gasteiger partial charge in [-0.15, -0.1) is 0 Å². The number of phenolic OH excluding ortho intramolecular Hbond substituents is 1. The summed E-state index contributed by atoms with van der Waals surface area (Å²) >= 11 is 0. The van der Waals surface area contributed by atoms with Gasteiger partial charge in [0.15, 0.2) is 11.5 Å². The molecule has 1 aromatic carbocycles. The van der Waals surface area contributed by atoms with Gasteiger partial charge in [0.2, 0.25) is 0 Å². The second kappa shape index (κ2) is 7.73. The topological polar surface area (TPSA) is 55.8 Å². The van der Waals surface area contributed by atoms with Gasteiger partial charge in [0.1, 0.15) is 0 Å². The molecule has 0 saturated heterocycles. The van der Waals surface area contributed by atoms with Crippen molar-refractivity contribution < 1.29 is 19.4 Å². The van der Waals surface area contributed by atoms with Crippen LogP contribution in [-0.4, -0.2) is 24.8 Å². The van der Waals surface area contributed by atoms with Gasteiger partial charge >= 0.3 is 5.97 Å². The molecular formula is C23H34O4. The number of benzene rings is 1. The quantitative estimate of drug-likeness (QED) is 0.477. The molecule has 2 fully saturated rings. The number of fused-ring (bicyclic) bond motifs is 2. The van der Waals surface area contributed by atoms with Crippen LogP contribution in [0.3, 0.4) is 0 Å². The van der Waals surface area contributed by atoms with E-state index in [1.165, 1.54) is 51.3 Å². The molecule has 27 heavy (non-hydrogen) atoms. The summed E-state index contributed by atoms with van der Waals surface area (Å²) in [6, 6.07) is 4.51. The fourth-order valence-corrected chi connectivity index (χ4v) is 5.53. The number of hydrogen-bond acceptors (Lipinski definition) is 4. The summed E-state index contributed by atoms with van der Waals surface area (Å²) < 4.78 is 10.4. The average molecular weight is 375 g/mol. The second-order valence-corrected chi connectivity index (χ2v) is 9.18. The molecule has 2 saturated carbocycles. The van der Waals surface area contributed by atoms with Crippen molar-refractivity contribution in [3.05, 3.63) is 23.8 Å². The van der Waals surface area contributed by atoms with Gasteiger partial charge in [-0.1, -0.05) is 33.6 Å². The molecule has 1 aromatic rings. The Hall–Kier alpha value is -1.71. The predicted octanol–water partition coefficient (Wildman–Crippen LogP) is 5.58. The number of rotatable bonds is 8. The molecule has 0 radical (unpaired) electrons. The zero-order valence-corrected chi connectivity index (χ0v) is 17.2. The van der Waals surface area contributed by atoms with Crippen LogP contribution in [0.25, 0.3) is 0 Å². The summed E-state index contributed by atoms with van der Waals surface area (Å²) in [5, 5.41) is 9.59. The Labute approximate surface area is 163 Å². The maximum absolute atomic E-state index is 12.1. The molecular weight excluding hydrogens is 340 g/mol. The van der Waals surface area contributed by atoms with Crippen LogP contribution in [0.1, 0.15) is 76.1 Å². The third-order valence-corrected chi connectivity index (χ3v) is 7.82. The van der Waals surface area contributed by atoms with Crippen LogP contribution in [0.5, 0.6) is 11.5 Å². The zero-order chi connectivity index (χ0) is 19.7. The lowest BCUT2D eigenvalue weighted by Gasteiger charge is -2.39. The first kappa shape index (κ1) is 20.0.